The lowest BCUT2D eigenvalue weighted by Gasteiger charge is -2.07. The van der Waals surface area contributed by atoms with Crippen LogP contribution in [0.2, 0.25) is 10.0 Å². The standard InChI is InChI=1S/C19H16Cl2N2O4S/c1-11(19(24)25)7-17-15-6-5-14(28(2,26)27)9-18(15)23(22-17)10-12-3-4-13(20)8-16(12)21/h3-9H,10H2,1-2H3,(H,24,25)/b11-7+. The lowest BCUT2D eigenvalue weighted by atomic mass is 10.1. The van der Waals surface area contributed by atoms with Crippen LogP contribution in [0.25, 0.3) is 17.0 Å². The molecule has 0 spiro atoms. The van der Waals surface area contributed by atoms with Gasteiger partial charge in [0.2, 0.25) is 0 Å². The molecular weight excluding hydrogens is 423 g/mol. The van der Waals surface area contributed by atoms with Gasteiger partial charge in [-0.15, -0.1) is 0 Å². The van der Waals surface area contributed by atoms with Crippen LogP contribution in [0.1, 0.15) is 18.2 Å². The van der Waals surface area contributed by atoms with Gasteiger partial charge in [0.15, 0.2) is 9.84 Å². The van der Waals surface area contributed by atoms with Crippen LogP contribution in [0.15, 0.2) is 46.9 Å². The van der Waals surface area contributed by atoms with Crippen molar-refractivity contribution in [3.63, 3.8) is 0 Å². The molecular formula is C19H16Cl2N2O4S. The smallest absolute Gasteiger partial charge is 0.331 e. The maximum atomic E-state index is 12.0. The molecule has 3 rings (SSSR count). The topological polar surface area (TPSA) is 89.3 Å². The van der Waals surface area contributed by atoms with Gasteiger partial charge in [0.25, 0.3) is 0 Å². The first-order valence-electron chi connectivity index (χ1n) is 8.12. The molecule has 0 unspecified atom stereocenters. The average molecular weight is 439 g/mol. The zero-order valence-corrected chi connectivity index (χ0v) is 17.3. The van der Waals surface area contributed by atoms with E-state index in [0.717, 1.165) is 11.8 Å². The van der Waals surface area contributed by atoms with Crippen molar-refractivity contribution in [3.05, 3.63) is 63.3 Å². The quantitative estimate of drug-likeness (QED) is 0.600. The van der Waals surface area contributed by atoms with E-state index < -0.39 is 15.8 Å². The van der Waals surface area contributed by atoms with Crippen molar-refractivity contribution in [3.8, 4) is 0 Å². The fourth-order valence-corrected chi connectivity index (χ4v) is 3.82. The van der Waals surface area contributed by atoms with Gasteiger partial charge in [-0.2, -0.15) is 5.10 Å². The summed E-state index contributed by atoms with van der Waals surface area (Å²) in [5.41, 5.74) is 1.84. The highest BCUT2D eigenvalue weighted by Gasteiger charge is 2.16. The Kier molecular flexibility index (Phi) is 5.52. The minimum atomic E-state index is -3.42. The Labute approximate surface area is 171 Å². The van der Waals surface area contributed by atoms with E-state index >= 15 is 0 Å². The zero-order valence-electron chi connectivity index (χ0n) is 15.0. The van der Waals surface area contributed by atoms with Crippen LogP contribution < -0.4 is 0 Å². The van der Waals surface area contributed by atoms with E-state index in [4.69, 9.17) is 28.3 Å². The van der Waals surface area contributed by atoms with E-state index in [9.17, 15) is 13.2 Å². The Hall–Kier alpha value is -2.35. The summed E-state index contributed by atoms with van der Waals surface area (Å²) in [5, 5.41) is 15.2. The van der Waals surface area contributed by atoms with Crippen LogP contribution in [0, 0.1) is 0 Å². The van der Waals surface area contributed by atoms with Crippen LogP contribution in [-0.2, 0) is 21.2 Å². The van der Waals surface area contributed by atoms with E-state index in [1.54, 1.807) is 28.9 Å². The maximum Gasteiger partial charge on any atom is 0.331 e. The number of benzene rings is 2. The summed E-state index contributed by atoms with van der Waals surface area (Å²) >= 11 is 12.2. The number of carbonyl (C=O) groups is 1. The van der Waals surface area contributed by atoms with E-state index in [1.807, 2.05) is 0 Å². The highest BCUT2D eigenvalue weighted by atomic mass is 35.5. The summed E-state index contributed by atoms with van der Waals surface area (Å²) in [6.45, 7) is 1.73. The number of carboxylic acid groups (broad SMARTS) is 1. The number of aromatic nitrogens is 2. The number of fused-ring (bicyclic) bond motifs is 1. The molecule has 3 aromatic rings. The van der Waals surface area contributed by atoms with Crippen molar-refractivity contribution in [2.75, 3.05) is 6.26 Å². The molecule has 0 fully saturated rings. The van der Waals surface area contributed by atoms with Crippen LogP contribution in [0.5, 0.6) is 0 Å². The van der Waals surface area contributed by atoms with E-state index in [1.165, 1.54) is 25.1 Å². The number of rotatable bonds is 5. The summed E-state index contributed by atoms with van der Waals surface area (Å²) in [7, 11) is -3.42. The molecule has 0 saturated heterocycles. The number of nitrogens with zero attached hydrogens (tertiary/aromatic N) is 2. The SMILES string of the molecule is C/C(=C\c1nn(Cc2ccc(Cl)cc2Cl)c2cc(S(C)(=O)=O)ccc12)C(=O)O. The van der Waals surface area contributed by atoms with Crippen molar-refractivity contribution >= 4 is 56.0 Å². The molecule has 0 aliphatic carbocycles. The first-order valence-corrected chi connectivity index (χ1v) is 10.8. The van der Waals surface area contributed by atoms with Crippen molar-refractivity contribution < 1.29 is 18.3 Å². The molecule has 0 radical (unpaired) electrons. The Balaban J connectivity index is 2.21. The van der Waals surface area contributed by atoms with Gasteiger partial charge in [0.05, 0.1) is 22.7 Å². The molecule has 0 saturated carbocycles. The number of hydrogen-bond acceptors (Lipinski definition) is 4. The number of carboxylic acids is 1. The van der Waals surface area contributed by atoms with E-state index in [-0.39, 0.29) is 17.0 Å². The Bertz CT molecular complexity index is 1230. The van der Waals surface area contributed by atoms with Gasteiger partial charge >= 0.3 is 5.97 Å². The predicted molar refractivity (Wildman–Crippen MR) is 110 cm³/mol. The molecule has 28 heavy (non-hydrogen) atoms. The van der Waals surface area contributed by atoms with Gasteiger partial charge < -0.3 is 5.11 Å². The zero-order chi connectivity index (χ0) is 20.6. The molecule has 1 aromatic heterocycles. The third-order valence-electron chi connectivity index (χ3n) is 4.21. The van der Waals surface area contributed by atoms with Gasteiger partial charge in [0.1, 0.15) is 0 Å². The maximum absolute atomic E-state index is 12.0. The normalized spacial score (nSPS) is 12.5. The lowest BCUT2D eigenvalue weighted by Crippen LogP contribution is -2.04. The van der Waals surface area contributed by atoms with Crippen molar-refractivity contribution in [2.45, 2.75) is 18.4 Å². The van der Waals surface area contributed by atoms with Crippen molar-refractivity contribution in [2.24, 2.45) is 0 Å². The second kappa shape index (κ2) is 7.58. The average Bonchev–Trinajstić information content (AvgIpc) is 2.93. The van der Waals surface area contributed by atoms with E-state index in [2.05, 4.69) is 5.10 Å². The van der Waals surface area contributed by atoms with Gasteiger partial charge in [-0.05, 0) is 48.9 Å². The molecule has 9 heteroatoms. The minimum absolute atomic E-state index is 0.114. The number of sulfone groups is 1. The summed E-state index contributed by atoms with van der Waals surface area (Å²) < 4.78 is 25.5. The molecule has 6 nitrogen and oxygen atoms in total. The number of halogens is 2. The number of aliphatic carboxylic acids is 1. The van der Waals surface area contributed by atoms with Gasteiger partial charge in [-0.3, -0.25) is 4.68 Å². The Morgan fingerprint density at radius 3 is 2.54 bits per heavy atom. The summed E-state index contributed by atoms with van der Waals surface area (Å²) in [5.74, 6) is -1.06. The highest BCUT2D eigenvalue weighted by molar-refractivity contribution is 7.90. The minimum Gasteiger partial charge on any atom is -0.478 e. The molecule has 146 valence electrons. The van der Waals surface area contributed by atoms with Crippen LogP contribution >= 0.6 is 23.2 Å². The van der Waals surface area contributed by atoms with Crippen molar-refractivity contribution in [1.82, 2.24) is 9.78 Å². The summed E-state index contributed by atoms with van der Waals surface area (Å²) in [6.07, 6.45) is 2.57. The predicted octanol–water partition coefficient (Wildman–Crippen LogP) is 4.28. The third kappa shape index (κ3) is 4.22. The van der Waals surface area contributed by atoms with Crippen molar-refractivity contribution in [1.29, 1.82) is 0 Å². The largest absolute Gasteiger partial charge is 0.478 e. The van der Waals surface area contributed by atoms with Gasteiger partial charge in [-0.1, -0.05) is 29.3 Å². The van der Waals surface area contributed by atoms with Crippen LogP contribution in [0.4, 0.5) is 0 Å². The lowest BCUT2D eigenvalue weighted by molar-refractivity contribution is -0.132. The van der Waals surface area contributed by atoms with Gasteiger partial charge in [0, 0.05) is 27.3 Å². The second-order valence-electron chi connectivity index (χ2n) is 6.36. The number of hydrogen-bond donors (Lipinski definition) is 1. The fraction of sp³-hybridized carbons (Fsp3) is 0.158. The fourth-order valence-electron chi connectivity index (χ4n) is 2.72. The first kappa shape index (κ1) is 20.4. The summed E-state index contributed by atoms with van der Waals surface area (Å²) in [4.78, 5) is 11.3. The van der Waals surface area contributed by atoms with Crippen LogP contribution in [-0.4, -0.2) is 35.5 Å². The Morgan fingerprint density at radius 2 is 1.93 bits per heavy atom. The molecule has 2 aromatic carbocycles. The highest BCUT2D eigenvalue weighted by Crippen LogP contribution is 2.27. The summed E-state index contributed by atoms with van der Waals surface area (Å²) in [6, 6.07) is 9.70. The van der Waals surface area contributed by atoms with Gasteiger partial charge in [-0.25, -0.2) is 13.2 Å². The molecule has 1 heterocycles. The third-order valence-corrected chi connectivity index (χ3v) is 5.90. The first-order chi connectivity index (χ1) is 13.1. The van der Waals surface area contributed by atoms with E-state index in [0.29, 0.717) is 26.6 Å². The Morgan fingerprint density at radius 1 is 1.21 bits per heavy atom. The monoisotopic (exact) mass is 438 g/mol. The second-order valence-corrected chi connectivity index (χ2v) is 9.22. The molecule has 0 aliphatic heterocycles. The molecule has 0 atom stereocenters. The molecule has 1 N–H and O–H groups in total. The molecule has 0 aliphatic rings. The molecule has 0 bridgehead atoms. The molecule has 0 amide bonds. The van der Waals surface area contributed by atoms with Crippen LogP contribution in [0.3, 0.4) is 0 Å².